The lowest BCUT2D eigenvalue weighted by Crippen LogP contribution is -2.47. The average molecular weight is 399 g/mol. The molecule has 2 heterocycles. The molecule has 7 heteroatoms. The van der Waals surface area contributed by atoms with Gasteiger partial charge in [-0.25, -0.2) is 8.78 Å². The number of fused-ring (bicyclic) bond motifs is 1. The van der Waals surface area contributed by atoms with Gasteiger partial charge in [-0.1, -0.05) is 42.5 Å². The van der Waals surface area contributed by atoms with Crippen molar-refractivity contribution in [3.63, 3.8) is 0 Å². The van der Waals surface area contributed by atoms with Gasteiger partial charge in [0.1, 0.15) is 5.00 Å². The smallest absolute Gasteiger partial charge is 0.275 e. The van der Waals surface area contributed by atoms with Crippen LogP contribution in [0.25, 0.3) is 11.1 Å². The van der Waals surface area contributed by atoms with Crippen LogP contribution in [0.15, 0.2) is 42.5 Å². The molecule has 1 unspecified atom stereocenters. The lowest BCUT2D eigenvalue weighted by atomic mass is 9.82. The molecule has 0 fully saturated rings. The average Bonchev–Trinajstić information content (AvgIpc) is 3.01. The highest BCUT2D eigenvalue weighted by Crippen LogP contribution is 2.49. The molecule has 1 aromatic heterocycles. The minimum Gasteiger partial charge on any atom is -0.504 e. The van der Waals surface area contributed by atoms with Gasteiger partial charge in [0.05, 0.1) is 5.56 Å². The number of benzene rings is 2. The number of amides is 1. The largest absolute Gasteiger partial charge is 0.504 e. The zero-order valence-electron chi connectivity index (χ0n) is 15.0. The van der Waals surface area contributed by atoms with Crippen LogP contribution in [0.1, 0.15) is 26.4 Å². The third kappa shape index (κ3) is 2.39. The molecule has 4 rings (SSSR count). The topological polar surface area (TPSA) is 66.4 Å². The highest BCUT2D eigenvalue weighted by Gasteiger charge is 2.54. The molecular weight excluding hydrogens is 384 g/mol. The SMILES string of the molecule is Cc1ccc(-c2c(C)sc3c2C(=O)C(F)(c2ccccc2)C(=O)N3)c(O)c1F. The fourth-order valence-corrected chi connectivity index (χ4v) is 4.50. The van der Waals surface area contributed by atoms with E-state index in [1.807, 2.05) is 0 Å². The number of phenolic OH excluding ortho intramolecular Hbond substituents is 1. The number of nitrogens with one attached hydrogen (secondary N) is 1. The van der Waals surface area contributed by atoms with Crippen molar-refractivity contribution in [3.8, 4) is 16.9 Å². The molecule has 1 atom stereocenters. The maximum atomic E-state index is 15.8. The van der Waals surface area contributed by atoms with Crippen LogP contribution in [0.5, 0.6) is 5.75 Å². The summed E-state index contributed by atoms with van der Waals surface area (Å²) in [6, 6.07) is 10.4. The Hall–Kier alpha value is -3.06. The lowest BCUT2D eigenvalue weighted by molar-refractivity contribution is -0.125. The summed E-state index contributed by atoms with van der Waals surface area (Å²) in [6.07, 6.45) is 0. The Bertz CT molecular complexity index is 1140. The van der Waals surface area contributed by atoms with Crippen LogP contribution in [0, 0.1) is 19.7 Å². The summed E-state index contributed by atoms with van der Waals surface area (Å²) in [5.74, 6) is -3.52. The van der Waals surface area contributed by atoms with Crippen LogP contribution in [-0.4, -0.2) is 16.8 Å². The van der Waals surface area contributed by atoms with E-state index in [-0.39, 0.29) is 32.8 Å². The number of ketones is 1. The Morgan fingerprint density at radius 1 is 1.04 bits per heavy atom. The van der Waals surface area contributed by atoms with E-state index >= 15 is 4.39 Å². The number of Topliss-reactive ketones (excluding diaryl/α,β-unsaturated/α-hetero) is 1. The van der Waals surface area contributed by atoms with Gasteiger partial charge in [-0.15, -0.1) is 11.3 Å². The van der Waals surface area contributed by atoms with E-state index in [0.717, 1.165) is 11.3 Å². The van der Waals surface area contributed by atoms with Gasteiger partial charge < -0.3 is 10.4 Å². The number of thiophene rings is 1. The number of alkyl halides is 1. The molecule has 3 aromatic rings. The van der Waals surface area contributed by atoms with E-state index < -0.39 is 28.9 Å². The number of rotatable bonds is 2. The first-order valence-corrected chi connectivity index (χ1v) is 9.31. The minimum atomic E-state index is -2.91. The summed E-state index contributed by atoms with van der Waals surface area (Å²) in [7, 11) is 0. The molecule has 1 aliphatic heterocycles. The fraction of sp³-hybridized carbons (Fsp3) is 0.143. The first-order chi connectivity index (χ1) is 13.3. The predicted octanol–water partition coefficient (Wildman–Crippen LogP) is 4.88. The summed E-state index contributed by atoms with van der Waals surface area (Å²) in [5, 5.41) is 13.0. The third-order valence-electron chi connectivity index (χ3n) is 4.91. The standard InChI is InChI=1S/C21H15F2NO3S/c1-10-8-9-13(17(25)16(10)22)14-11(2)28-19-15(14)18(26)21(23,20(27)24-19)12-6-4-3-5-7-12/h3-9,25H,1-2H3,(H,24,27). The molecule has 0 bridgehead atoms. The fourth-order valence-electron chi connectivity index (χ4n) is 3.44. The zero-order valence-corrected chi connectivity index (χ0v) is 15.8. The molecule has 142 valence electrons. The quantitative estimate of drug-likeness (QED) is 0.604. The van der Waals surface area contributed by atoms with Crippen molar-refractivity contribution in [2.45, 2.75) is 19.5 Å². The number of hydrogen-bond donors (Lipinski definition) is 2. The number of hydrogen-bond acceptors (Lipinski definition) is 4. The molecule has 0 spiro atoms. The highest BCUT2D eigenvalue weighted by atomic mass is 32.1. The van der Waals surface area contributed by atoms with Crippen molar-refractivity contribution in [1.29, 1.82) is 0 Å². The summed E-state index contributed by atoms with van der Waals surface area (Å²) < 4.78 is 30.1. The number of halogens is 2. The molecule has 28 heavy (non-hydrogen) atoms. The monoisotopic (exact) mass is 399 g/mol. The lowest BCUT2D eigenvalue weighted by Gasteiger charge is -2.28. The van der Waals surface area contributed by atoms with Crippen molar-refractivity contribution in [2.75, 3.05) is 5.32 Å². The van der Waals surface area contributed by atoms with E-state index in [9.17, 15) is 19.1 Å². The first kappa shape index (κ1) is 18.3. The van der Waals surface area contributed by atoms with Crippen molar-refractivity contribution in [2.24, 2.45) is 0 Å². The number of anilines is 1. The van der Waals surface area contributed by atoms with Gasteiger partial charge in [0.2, 0.25) is 5.78 Å². The molecule has 1 aliphatic rings. The van der Waals surface area contributed by atoms with Crippen molar-refractivity contribution in [1.82, 2.24) is 0 Å². The molecule has 0 aliphatic carbocycles. The molecule has 2 aromatic carbocycles. The van der Waals surface area contributed by atoms with Gasteiger partial charge in [0.25, 0.3) is 11.6 Å². The van der Waals surface area contributed by atoms with Crippen LogP contribution in [0.2, 0.25) is 0 Å². The number of carbonyl (C=O) groups is 2. The Balaban J connectivity index is 1.97. The van der Waals surface area contributed by atoms with Gasteiger partial charge >= 0.3 is 0 Å². The first-order valence-electron chi connectivity index (χ1n) is 8.49. The van der Waals surface area contributed by atoms with Crippen LogP contribution < -0.4 is 5.32 Å². The van der Waals surface area contributed by atoms with E-state index in [1.54, 1.807) is 13.0 Å². The minimum absolute atomic E-state index is 0.0630. The van der Waals surface area contributed by atoms with Gasteiger partial charge in [-0.2, -0.15) is 0 Å². The van der Waals surface area contributed by atoms with Crippen molar-refractivity contribution in [3.05, 3.63) is 69.8 Å². The highest BCUT2D eigenvalue weighted by molar-refractivity contribution is 7.17. The molecule has 0 saturated carbocycles. The second-order valence-electron chi connectivity index (χ2n) is 6.64. The molecule has 1 amide bonds. The summed E-state index contributed by atoms with van der Waals surface area (Å²) in [6.45, 7) is 3.17. The van der Waals surface area contributed by atoms with Crippen LogP contribution in [0.3, 0.4) is 0 Å². The molecular formula is C21H15F2NO3S. The van der Waals surface area contributed by atoms with Gasteiger partial charge in [-0.05, 0) is 19.4 Å². The summed E-state index contributed by atoms with van der Waals surface area (Å²) >= 11 is 1.08. The molecule has 2 N–H and O–H groups in total. The van der Waals surface area contributed by atoms with E-state index in [1.165, 1.54) is 43.3 Å². The van der Waals surface area contributed by atoms with E-state index in [4.69, 9.17) is 0 Å². The van der Waals surface area contributed by atoms with E-state index in [0.29, 0.717) is 4.88 Å². The molecule has 0 saturated heterocycles. The zero-order chi connectivity index (χ0) is 20.2. The number of carbonyl (C=O) groups excluding carboxylic acids is 2. The Morgan fingerprint density at radius 2 is 1.71 bits per heavy atom. The number of phenols is 1. The Labute approximate surface area is 163 Å². The second kappa shape index (κ2) is 6.24. The van der Waals surface area contributed by atoms with Crippen LogP contribution >= 0.6 is 11.3 Å². The van der Waals surface area contributed by atoms with Crippen LogP contribution in [0.4, 0.5) is 13.8 Å². The normalized spacial score (nSPS) is 18.7. The maximum Gasteiger partial charge on any atom is 0.275 e. The molecule has 4 nitrogen and oxygen atoms in total. The summed E-state index contributed by atoms with van der Waals surface area (Å²) in [5.41, 5.74) is -2.51. The predicted molar refractivity (Wildman–Crippen MR) is 103 cm³/mol. The Kier molecular flexibility index (Phi) is 4.08. The van der Waals surface area contributed by atoms with Gasteiger partial charge in [-0.3, -0.25) is 9.59 Å². The number of aromatic hydroxyl groups is 1. The van der Waals surface area contributed by atoms with Crippen molar-refractivity contribution < 1.29 is 23.5 Å². The Morgan fingerprint density at radius 3 is 2.39 bits per heavy atom. The van der Waals surface area contributed by atoms with Crippen LogP contribution in [-0.2, 0) is 10.5 Å². The van der Waals surface area contributed by atoms with Crippen molar-refractivity contribution >= 4 is 28.0 Å². The maximum absolute atomic E-state index is 15.8. The third-order valence-corrected chi connectivity index (χ3v) is 5.93. The second-order valence-corrected chi connectivity index (χ2v) is 7.86. The van der Waals surface area contributed by atoms with E-state index in [2.05, 4.69) is 5.32 Å². The summed E-state index contributed by atoms with van der Waals surface area (Å²) in [4.78, 5) is 26.3. The van der Waals surface area contributed by atoms with Gasteiger partial charge in [0, 0.05) is 21.6 Å². The van der Waals surface area contributed by atoms with Gasteiger partial charge in [0.15, 0.2) is 11.6 Å². The number of aryl methyl sites for hydroxylation is 2. The molecule has 0 radical (unpaired) electrons.